The zero-order valence-electron chi connectivity index (χ0n) is 10.4. The molecule has 1 fully saturated rings. The highest BCUT2D eigenvalue weighted by atomic mass is 16.5. The van der Waals surface area contributed by atoms with Crippen molar-refractivity contribution < 1.29 is 9.53 Å². The standard InChI is InChI=1S/C12H24N2O2/c1-3-10(2)14-12(15)4-7-13-11-5-8-16-9-6-11/h10-11,13H,3-9H2,1-2H3,(H,14,15). The maximum atomic E-state index is 11.5. The van der Waals surface area contributed by atoms with Crippen LogP contribution < -0.4 is 10.6 Å². The van der Waals surface area contributed by atoms with Gasteiger partial charge in [-0.1, -0.05) is 6.92 Å². The molecule has 0 aromatic rings. The molecule has 2 N–H and O–H groups in total. The molecular weight excluding hydrogens is 204 g/mol. The first kappa shape index (κ1) is 13.5. The predicted molar refractivity (Wildman–Crippen MR) is 64.4 cm³/mol. The molecule has 0 bridgehead atoms. The van der Waals surface area contributed by atoms with Gasteiger partial charge in [0.25, 0.3) is 0 Å². The van der Waals surface area contributed by atoms with Gasteiger partial charge in [-0.2, -0.15) is 0 Å². The fourth-order valence-electron chi connectivity index (χ4n) is 1.74. The number of hydrogen-bond donors (Lipinski definition) is 2. The Morgan fingerprint density at radius 1 is 1.44 bits per heavy atom. The van der Waals surface area contributed by atoms with Gasteiger partial charge < -0.3 is 15.4 Å². The lowest BCUT2D eigenvalue weighted by Gasteiger charge is -2.23. The van der Waals surface area contributed by atoms with Crippen molar-refractivity contribution in [1.29, 1.82) is 0 Å². The molecule has 1 rings (SSSR count). The van der Waals surface area contributed by atoms with Crippen molar-refractivity contribution in [2.24, 2.45) is 0 Å². The molecule has 0 aromatic carbocycles. The van der Waals surface area contributed by atoms with Gasteiger partial charge >= 0.3 is 0 Å². The van der Waals surface area contributed by atoms with E-state index in [0.29, 0.717) is 12.5 Å². The van der Waals surface area contributed by atoms with Gasteiger partial charge in [0.15, 0.2) is 0 Å². The highest BCUT2D eigenvalue weighted by molar-refractivity contribution is 5.76. The van der Waals surface area contributed by atoms with Crippen LogP contribution in [0.5, 0.6) is 0 Å². The predicted octanol–water partition coefficient (Wildman–Crippen LogP) is 1.06. The Balaban J connectivity index is 2.03. The van der Waals surface area contributed by atoms with Gasteiger partial charge in [-0.05, 0) is 26.2 Å². The molecule has 4 heteroatoms. The van der Waals surface area contributed by atoms with Crippen LogP contribution in [0.15, 0.2) is 0 Å². The first-order chi connectivity index (χ1) is 7.72. The lowest BCUT2D eigenvalue weighted by molar-refractivity contribution is -0.121. The average Bonchev–Trinajstić information content (AvgIpc) is 2.30. The minimum atomic E-state index is 0.147. The van der Waals surface area contributed by atoms with Crippen LogP contribution in [0.2, 0.25) is 0 Å². The van der Waals surface area contributed by atoms with E-state index < -0.39 is 0 Å². The van der Waals surface area contributed by atoms with Gasteiger partial charge in [-0.25, -0.2) is 0 Å². The monoisotopic (exact) mass is 228 g/mol. The molecule has 1 saturated heterocycles. The minimum Gasteiger partial charge on any atom is -0.381 e. The molecule has 0 radical (unpaired) electrons. The number of carbonyl (C=O) groups excluding carboxylic acids is 1. The van der Waals surface area contributed by atoms with Gasteiger partial charge in [0.1, 0.15) is 0 Å². The van der Waals surface area contributed by atoms with Gasteiger partial charge in [0, 0.05) is 38.3 Å². The Kier molecular flexibility index (Phi) is 6.42. The van der Waals surface area contributed by atoms with Crippen LogP contribution in [0.25, 0.3) is 0 Å². The first-order valence-corrected chi connectivity index (χ1v) is 6.33. The molecule has 1 atom stereocenters. The van der Waals surface area contributed by atoms with E-state index in [9.17, 15) is 4.79 Å². The Morgan fingerprint density at radius 2 is 2.12 bits per heavy atom. The Hall–Kier alpha value is -0.610. The van der Waals surface area contributed by atoms with E-state index in [2.05, 4.69) is 17.6 Å². The van der Waals surface area contributed by atoms with Crippen LogP contribution >= 0.6 is 0 Å². The summed E-state index contributed by atoms with van der Waals surface area (Å²) in [5.74, 6) is 0.147. The van der Waals surface area contributed by atoms with Crippen LogP contribution in [0.1, 0.15) is 39.5 Å². The fourth-order valence-corrected chi connectivity index (χ4v) is 1.74. The Morgan fingerprint density at radius 3 is 2.75 bits per heavy atom. The number of hydrogen-bond acceptors (Lipinski definition) is 3. The van der Waals surface area contributed by atoms with Crippen LogP contribution in [0.4, 0.5) is 0 Å². The van der Waals surface area contributed by atoms with E-state index >= 15 is 0 Å². The number of ether oxygens (including phenoxy) is 1. The van der Waals surface area contributed by atoms with Crippen LogP contribution in [-0.4, -0.2) is 37.7 Å². The first-order valence-electron chi connectivity index (χ1n) is 6.33. The quantitative estimate of drug-likeness (QED) is 0.714. The normalized spacial score (nSPS) is 19.4. The number of carbonyl (C=O) groups is 1. The van der Waals surface area contributed by atoms with Gasteiger partial charge in [0.2, 0.25) is 5.91 Å². The molecule has 1 aliphatic heterocycles. The largest absolute Gasteiger partial charge is 0.381 e. The number of rotatable bonds is 6. The fraction of sp³-hybridized carbons (Fsp3) is 0.917. The van der Waals surface area contributed by atoms with Crippen LogP contribution in [0.3, 0.4) is 0 Å². The summed E-state index contributed by atoms with van der Waals surface area (Å²) < 4.78 is 5.28. The van der Waals surface area contributed by atoms with Crippen molar-refractivity contribution in [1.82, 2.24) is 10.6 Å². The molecule has 4 nitrogen and oxygen atoms in total. The summed E-state index contributed by atoms with van der Waals surface area (Å²) in [6.45, 7) is 6.56. The third-order valence-corrected chi connectivity index (χ3v) is 3.03. The van der Waals surface area contributed by atoms with Crippen molar-refractivity contribution in [3.63, 3.8) is 0 Å². The molecular formula is C12H24N2O2. The summed E-state index contributed by atoms with van der Waals surface area (Å²) in [6.07, 6.45) is 3.68. The van der Waals surface area contributed by atoms with Crippen LogP contribution in [0, 0.1) is 0 Å². The average molecular weight is 228 g/mol. The minimum absolute atomic E-state index is 0.147. The van der Waals surface area contributed by atoms with Crippen molar-refractivity contribution in [3.05, 3.63) is 0 Å². The molecule has 1 unspecified atom stereocenters. The Bertz CT molecular complexity index is 203. The molecule has 0 aromatic heterocycles. The van der Waals surface area contributed by atoms with E-state index in [1.165, 1.54) is 0 Å². The van der Waals surface area contributed by atoms with E-state index in [1.807, 2.05) is 6.92 Å². The van der Waals surface area contributed by atoms with E-state index in [1.54, 1.807) is 0 Å². The summed E-state index contributed by atoms with van der Waals surface area (Å²) in [5, 5.41) is 6.37. The zero-order chi connectivity index (χ0) is 11.8. The lowest BCUT2D eigenvalue weighted by atomic mass is 10.1. The van der Waals surface area contributed by atoms with E-state index in [0.717, 1.165) is 39.0 Å². The van der Waals surface area contributed by atoms with Crippen molar-refractivity contribution in [2.45, 2.75) is 51.6 Å². The maximum absolute atomic E-state index is 11.5. The smallest absolute Gasteiger partial charge is 0.221 e. The number of amides is 1. The van der Waals surface area contributed by atoms with Gasteiger partial charge in [-0.15, -0.1) is 0 Å². The molecule has 0 spiro atoms. The summed E-state index contributed by atoms with van der Waals surface area (Å²) in [5.41, 5.74) is 0. The number of nitrogens with one attached hydrogen (secondary N) is 2. The van der Waals surface area contributed by atoms with Crippen molar-refractivity contribution in [2.75, 3.05) is 19.8 Å². The summed E-state index contributed by atoms with van der Waals surface area (Å²) in [7, 11) is 0. The highest BCUT2D eigenvalue weighted by Crippen LogP contribution is 2.05. The summed E-state index contributed by atoms with van der Waals surface area (Å²) >= 11 is 0. The third kappa shape index (κ3) is 5.47. The summed E-state index contributed by atoms with van der Waals surface area (Å²) in [4.78, 5) is 11.5. The molecule has 1 amide bonds. The maximum Gasteiger partial charge on any atom is 0.221 e. The van der Waals surface area contributed by atoms with Gasteiger partial charge in [0.05, 0.1) is 0 Å². The summed E-state index contributed by atoms with van der Waals surface area (Å²) in [6, 6.07) is 0.820. The Labute approximate surface area is 98.1 Å². The zero-order valence-corrected chi connectivity index (χ0v) is 10.4. The molecule has 0 aliphatic carbocycles. The SMILES string of the molecule is CCC(C)NC(=O)CCNC1CCOCC1. The molecule has 1 aliphatic rings. The van der Waals surface area contributed by atoms with E-state index in [4.69, 9.17) is 4.74 Å². The lowest BCUT2D eigenvalue weighted by Crippen LogP contribution is -2.38. The third-order valence-electron chi connectivity index (χ3n) is 3.03. The topological polar surface area (TPSA) is 50.4 Å². The molecule has 0 saturated carbocycles. The second-order valence-electron chi connectivity index (χ2n) is 4.47. The van der Waals surface area contributed by atoms with Crippen molar-refractivity contribution in [3.8, 4) is 0 Å². The molecule has 16 heavy (non-hydrogen) atoms. The molecule has 1 heterocycles. The van der Waals surface area contributed by atoms with Gasteiger partial charge in [-0.3, -0.25) is 4.79 Å². The van der Waals surface area contributed by atoms with E-state index in [-0.39, 0.29) is 11.9 Å². The van der Waals surface area contributed by atoms with Crippen LogP contribution in [-0.2, 0) is 9.53 Å². The highest BCUT2D eigenvalue weighted by Gasteiger charge is 2.13. The second-order valence-corrected chi connectivity index (χ2v) is 4.47. The second kappa shape index (κ2) is 7.63. The van der Waals surface area contributed by atoms with Crippen molar-refractivity contribution >= 4 is 5.91 Å². The molecule has 94 valence electrons.